The molecule has 26 heavy (non-hydrogen) atoms. The van der Waals surface area contributed by atoms with E-state index >= 15 is 0 Å². The Hall–Kier alpha value is -2.05. The van der Waals surface area contributed by atoms with Crippen LogP contribution in [0.1, 0.15) is 18.1 Å². The highest BCUT2D eigenvalue weighted by atomic mass is 79.9. The van der Waals surface area contributed by atoms with Crippen molar-refractivity contribution in [3.8, 4) is 5.75 Å². The Kier molecular flexibility index (Phi) is 5.84. The van der Waals surface area contributed by atoms with Crippen LogP contribution in [0.5, 0.6) is 5.75 Å². The number of amides is 1. The van der Waals surface area contributed by atoms with Crippen LogP contribution in [0, 0.1) is 0 Å². The minimum atomic E-state index is -0.0501. The van der Waals surface area contributed by atoms with Crippen molar-refractivity contribution in [2.75, 3.05) is 14.2 Å². The van der Waals surface area contributed by atoms with Gasteiger partial charge in [-0.3, -0.25) is 9.69 Å². The highest BCUT2D eigenvalue weighted by Crippen LogP contribution is 2.34. The van der Waals surface area contributed by atoms with Crippen molar-refractivity contribution in [3.63, 3.8) is 0 Å². The largest absolute Gasteiger partial charge is 0.496 e. The lowest BCUT2D eigenvalue weighted by atomic mass is 10.2. The Balaban J connectivity index is 1.85. The molecule has 2 aromatic carbocycles. The normalized spacial score (nSPS) is 17.4. The minimum Gasteiger partial charge on any atom is -0.496 e. The van der Waals surface area contributed by atoms with Gasteiger partial charge < -0.3 is 4.74 Å². The third-order valence-electron chi connectivity index (χ3n) is 4.05. The smallest absolute Gasteiger partial charge is 0.266 e. The SMILES string of the molecule is CCc1ccc(N=C2SC(=Cc3ccc(OC)c(Br)c3)C(=O)N2C)cc1. The topological polar surface area (TPSA) is 41.9 Å². The molecule has 0 spiro atoms. The van der Waals surface area contributed by atoms with Crippen LogP contribution in [0.25, 0.3) is 6.08 Å². The molecule has 6 heteroatoms. The van der Waals surface area contributed by atoms with Gasteiger partial charge in [0.15, 0.2) is 5.17 Å². The molecule has 4 nitrogen and oxygen atoms in total. The molecular weight excluding hydrogens is 412 g/mol. The average Bonchev–Trinajstić information content (AvgIpc) is 2.90. The Morgan fingerprint density at radius 3 is 2.58 bits per heavy atom. The molecule has 134 valence electrons. The minimum absolute atomic E-state index is 0.0501. The molecule has 0 atom stereocenters. The van der Waals surface area contributed by atoms with Crippen LogP contribution in [0.4, 0.5) is 5.69 Å². The molecule has 0 radical (unpaired) electrons. The molecule has 1 heterocycles. The maximum Gasteiger partial charge on any atom is 0.266 e. The van der Waals surface area contributed by atoms with Gasteiger partial charge in [0.05, 0.1) is 22.2 Å². The zero-order valence-electron chi connectivity index (χ0n) is 14.8. The molecule has 1 amide bonds. The molecule has 0 unspecified atom stereocenters. The number of nitrogens with zero attached hydrogens (tertiary/aromatic N) is 2. The summed E-state index contributed by atoms with van der Waals surface area (Å²) < 4.78 is 6.09. The fraction of sp³-hybridized carbons (Fsp3) is 0.200. The number of carbonyl (C=O) groups is 1. The monoisotopic (exact) mass is 430 g/mol. The number of aryl methyl sites for hydroxylation is 1. The predicted molar refractivity (Wildman–Crippen MR) is 112 cm³/mol. The summed E-state index contributed by atoms with van der Waals surface area (Å²) in [6, 6.07) is 13.8. The molecule has 0 aromatic heterocycles. The number of ether oxygens (including phenoxy) is 1. The summed E-state index contributed by atoms with van der Waals surface area (Å²) in [7, 11) is 3.37. The van der Waals surface area contributed by atoms with Crippen molar-refractivity contribution in [1.82, 2.24) is 4.90 Å². The van der Waals surface area contributed by atoms with Crippen molar-refractivity contribution in [3.05, 3.63) is 63.0 Å². The molecule has 1 fully saturated rings. The summed E-state index contributed by atoms with van der Waals surface area (Å²) in [5.74, 6) is 0.707. The van der Waals surface area contributed by atoms with E-state index in [1.165, 1.54) is 17.3 Å². The summed E-state index contributed by atoms with van der Waals surface area (Å²) in [5.41, 5.74) is 3.04. The molecule has 0 N–H and O–H groups in total. The third-order valence-corrected chi connectivity index (χ3v) is 5.73. The lowest BCUT2D eigenvalue weighted by Gasteiger charge is -2.07. The van der Waals surface area contributed by atoms with E-state index in [4.69, 9.17) is 4.74 Å². The van der Waals surface area contributed by atoms with E-state index in [1.807, 2.05) is 36.4 Å². The van der Waals surface area contributed by atoms with Crippen LogP contribution in [0.3, 0.4) is 0 Å². The van der Waals surface area contributed by atoms with Crippen molar-refractivity contribution in [2.45, 2.75) is 13.3 Å². The predicted octanol–water partition coefficient (Wildman–Crippen LogP) is 5.25. The first-order valence-electron chi connectivity index (χ1n) is 8.20. The van der Waals surface area contributed by atoms with E-state index in [1.54, 1.807) is 19.1 Å². The maximum absolute atomic E-state index is 12.5. The quantitative estimate of drug-likeness (QED) is 0.621. The number of aliphatic imine (C=N–C) groups is 1. The van der Waals surface area contributed by atoms with Gasteiger partial charge in [-0.25, -0.2) is 4.99 Å². The zero-order valence-corrected chi connectivity index (χ0v) is 17.2. The van der Waals surface area contributed by atoms with Gasteiger partial charge in [0.2, 0.25) is 0 Å². The fourth-order valence-electron chi connectivity index (χ4n) is 2.49. The highest BCUT2D eigenvalue weighted by Gasteiger charge is 2.30. The fourth-order valence-corrected chi connectivity index (χ4v) is 4.04. The van der Waals surface area contributed by atoms with Gasteiger partial charge in [0.25, 0.3) is 5.91 Å². The molecule has 0 bridgehead atoms. The first-order valence-corrected chi connectivity index (χ1v) is 9.81. The molecular formula is C20H19BrN2O2S. The van der Waals surface area contributed by atoms with Crippen LogP contribution in [-0.2, 0) is 11.2 Å². The number of rotatable bonds is 4. The van der Waals surface area contributed by atoms with Gasteiger partial charge in [0, 0.05) is 7.05 Å². The van der Waals surface area contributed by atoms with Crippen LogP contribution in [0.15, 0.2) is 56.8 Å². The van der Waals surface area contributed by atoms with Gasteiger partial charge >= 0.3 is 0 Å². The molecule has 0 aliphatic carbocycles. The van der Waals surface area contributed by atoms with Gasteiger partial charge in [0.1, 0.15) is 5.75 Å². The molecule has 1 saturated heterocycles. The van der Waals surface area contributed by atoms with E-state index in [9.17, 15) is 4.79 Å². The van der Waals surface area contributed by atoms with Gasteiger partial charge in [-0.15, -0.1) is 0 Å². The Bertz CT molecular complexity index is 891. The first kappa shape index (κ1) is 18.7. The lowest BCUT2D eigenvalue weighted by molar-refractivity contribution is -0.121. The standard InChI is InChI=1S/C20H19BrN2O2S/c1-4-13-5-8-15(9-6-13)22-20-23(2)19(24)18(26-20)12-14-7-10-17(25-3)16(21)11-14/h5-12H,4H2,1-3H3. The number of thioether (sulfide) groups is 1. The number of benzene rings is 2. The number of hydrogen-bond acceptors (Lipinski definition) is 4. The summed E-state index contributed by atoms with van der Waals surface area (Å²) in [6.45, 7) is 2.12. The van der Waals surface area contributed by atoms with E-state index < -0.39 is 0 Å². The van der Waals surface area contributed by atoms with Crippen molar-refractivity contribution >= 4 is 50.5 Å². The number of carbonyl (C=O) groups excluding carboxylic acids is 1. The average molecular weight is 431 g/mol. The Morgan fingerprint density at radius 1 is 1.23 bits per heavy atom. The number of amidine groups is 1. The highest BCUT2D eigenvalue weighted by molar-refractivity contribution is 9.10. The van der Waals surface area contributed by atoms with Crippen molar-refractivity contribution in [1.29, 1.82) is 0 Å². The molecule has 1 aliphatic rings. The second-order valence-electron chi connectivity index (χ2n) is 5.78. The maximum atomic E-state index is 12.5. The molecule has 1 aliphatic heterocycles. The van der Waals surface area contributed by atoms with Crippen LogP contribution in [-0.4, -0.2) is 30.1 Å². The summed E-state index contributed by atoms with van der Waals surface area (Å²) in [5, 5.41) is 0.679. The Labute approximate surface area is 166 Å². The molecule has 0 saturated carbocycles. The summed E-state index contributed by atoms with van der Waals surface area (Å²) in [6.07, 6.45) is 2.87. The second-order valence-corrected chi connectivity index (χ2v) is 7.65. The van der Waals surface area contributed by atoms with Gasteiger partial charge in [-0.1, -0.05) is 25.1 Å². The molecule has 3 rings (SSSR count). The summed E-state index contributed by atoms with van der Waals surface area (Å²) >= 11 is 4.85. The zero-order chi connectivity index (χ0) is 18.7. The number of likely N-dealkylation sites (N-methyl/N-ethyl adjacent to an activating group) is 1. The van der Waals surface area contributed by atoms with E-state index in [-0.39, 0.29) is 5.91 Å². The van der Waals surface area contributed by atoms with Crippen molar-refractivity contribution in [2.24, 2.45) is 4.99 Å². The lowest BCUT2D eigenvalue weighted by Crippen LogP contribution is -2.23. The van der Waals surface area contributed by atoms with E-state index in [0.717, 1.165) is 27.9 Å². The summed E-state index contributed by atoms with van der Waals surface area (Å²) in [4.78, 5) is 19.4. The molecule has 2 aromatic rings. The number of halogens is 1. The third kappa shape index (κ3) is 4.02. The Morgan fingerprint density at radius 2 is 1.96 bits per heavy atom. The second kappa shape index (κ2) is 8.10. The van der Waals surface area contributed by atoms with Crippen LogP contribution in [0.2, 0.25) is 0 Å². The number of methoxy groups -OCH3 is 1. The first-order chi connectivity index (χ1) is 12.5. The van der Waals surface area contributed by atoms with Gasteiger partial charge in [-0.05, 0) is 75.6 Å². The van der Waals surface area contributed by atoms with Crippen LogP contribution < -0.4 is 4.74 Å². The van der Waals surface area contributed by atoms with E-state index in [2.05, 4.69) is 40.0 Å². The number of hydrogen-bond donors (Lipinski definition) is 0. The van der Waals surface area contributed by atoms with Crippen LogP contribution >= 0.6 is 27.7 Å². The van der Waals surface area contributed by atoms with Crippen molar-refractivity contribution < 1.29 is 9.53 Å². The van der Waals surface area contributed by atoms with Gasteiger partial charge in [-0.2, -0.15) is 0 Å². The van der Waals surface area contributed by atoms with E-state index in [0.29, 0.717) is 10.1 Å².